The maximum Gasteiger partial charge on any atom is 0.356 e. The van der Waals surface area contributed by atoms with Crippen LogP contribution in [0.4, 0.5) is 0 Å². The molecule has 0 saturated carbocycles. The molecule has 0 saturated heterocycles. The minimum absolute atomic E-state index is 0. The molecule has 4 nitrogen and oxygen atoms in total. The Morgan fingerprint density at radius 2 is 1.55 bits per heavy atom. The summed E-state index contributed by atoms with van der Waals surface area (Å²) in [4.78, 5) is 18.8. The Hall–Kier alpha value is 1.17. The van der Waals surface area contributed by atoms with Crippen LogP contribution in [0.5, 0.6) is 5.75 Å². The van der Waals surface area contributed by atoms with Gasteiger partial charge in [-0.25, -0.2) is 0 Å². The molecule has 0 bridgehead atoms. The zero-order valence-electron chi connectivity index (χ0n) is 13.5. The Morgan fingerprint density at radius 3 is 1.85 bits per heavy atom. The first kappa shape index (κ1) is 23.4. The Kier molecular flexibility index (Phi) is 10.9. The Balaban J connectivity index is 0. The summed E-state index contributed by atoms with van der Waals surface area (Å²) in [5.74, 6) is 0.824. The molecule has 0 atom stereocenters. The third-order valence-electron chi connectivity index (χ3n) is 2.92. The SMILES string of the molecule is COc1c(C(C)C)ccc(P(=O)(O)O)c1C(C)C.[Na].[Na]. The minimum Gasteiger partial charge on any atom is -0.496 e. The van der Waals surface area contributed by atoms with Gasteiger partial charge in [0, 0.05) is 64.7 Å². The maximum absolute atomic E-state index is 11.5. The molecule has 0 aliphatic carbocycles. The summed E-state index contributed by atoms with van der Waals surface area (Å²) in [6.45, 7) is 7.86. The van der Waals surface area contributed by atoms with Crippen molar-refractivity contribution in [1.82, 2.24) is 0 Å². The fourth-order valence-corrected chi connectivity index (χ4v) is 3.04. The second-order valence-electron chi connectivity index (χ2n) is 4.97. The number of ether oxygens (including phenoxy) is 1. The molecule has 1 rings (SSSR count). The quantitative estimate of drug-likeness (QED) is 0.658. The first-order valence-corrected chi connectivity index (χ1v) is 7.58. The van der Waals surface area contributed by atoms with E-state index in [1.54, 1.807) is 6.07 Å². The molecule has 1 aromatic carbocycles. The van der Waals surface area contributed by atoms with E-state index in [4.69, 9.17) is 4.74 Å². The summed E-state index contributed by atoms with van der Waals surface area (Å²) >= 11 is 0. The smallest absolute Gasteiger partial charge is 0.356 e. The van der Waals surface area contributed by atoms with E-state index in [0.717, 1.165) is 5.56 Å². The molecule has 0 aromatic heterocycles. The van der Waals surface area contributed by atoms with Crippen LogP contribution in [0.25, 0.3) is 0 Å². The molecule has 0 amide bonds. The molecule has 2 radical (unpaired) electrons. The van der Waals surface area contributed by atoms with Crippen molar-refractivity contribution in [2.75, 3.05) is 7.11 Å². The van der Waals surface area contributed by atoms with E-state index >= 15 is 0 Å². The topological polar surface area (TPSA) is 66.8 Å². The van der Waals surface area contributed by atoms with Crippen LogP contribution in [0.2, 0.25) is 0 Å². The van der Waals surface area contributed by atoms with Gasteiger partial charge >= 0.3 is 7.60 Å². The average Bonchev–Trinajstić information content (AvgIpc) is 2.25. The van der Waals surface area contributed by atoms with Gasteiger partial charge in [0.05, 0.1) is 12.4 Å². The summed E-state index contributed by atoms with van der Waals surface area (Å²) in [6, 6.07) is 3.26. The molecule has 0 spiro atoms. The van der Waals surface area contributed by atoms with E-state index < -0.39 is 7.60 Å². The minimum atomic E-state index is -4.28. The van der Waals surface area contributed by atoms with Crippen LogP contribution in [0.3, 0.4) is 0 Å². The third kappa shape index (κ3) is 5.42. The first-order chi connectivity index (χ1) is 8.20. The van der Waals surface area contributed by atoms with Crippen LogP contribution in [0.1, 0.15) is 50.7 Å². The molecule has 20 heavy (non-hydrogen) atoms. The van der Waals surface area contributed by atoms with E-state index in [9.17, 15) is 14.4 Å². The molecular formula is C13H21Na2O4P. The van der Waals surface area contributed by atoms with Gasteiger partial charge in [0.2, 0.25) is 0 Å². The van der Waals surface area contributed by atoms with Gasteiger partial charge < -0.3 is 14.5 Å². The Labute approximate surface area is 165 Å². The molecular weight excluding hydrogens is 297 g/mol. The zero-order valence-corrected chi connectivity index (χ0v) is 18.4. The van der Waals surface area contributed by atoms with Crippen LogP contribution in [-0.4, -0.2) is 76.0 Å². The van der Waals surface area contributed by atoms with Crippen molar-refractivity contribution in [3.63, 3.8) is 0 Å². The third-order valence-corrected chi connectivity index (χ3v) is 3.94. The number of rotatable bonds is 4. The van der Waals surface area contributed by atoms with E-state index in [1.807, 2.05) is 27.7 Å². The summed E-state index contributed by atoms with van der Waals surface area (Å²) < 4.78 is 16.9. The van der Waals surface area contributed by atoms with E-state index in [1.165, 1.54) is 13.2 Å². The standard InChI is InChI=1S/C13H21O4P.2Na/c1-8(2)10-6-7-11(18(14,15)16)12(9(3)4)13(10)17-5;;/h6-9H,1-5H3,(H2,14,15,16);;. The summed E-state index contributed by atoms with van der Waals surface area (Å²) in [6.07, 6.45) is 0. The van der Waals surface area contributed by atoms with Crippen molar-refractivity contribution >= 4 is 72.0 Å². The van der Waals surface area contributed by atoms with Crippen LogP contribution >= 0.6 is 7.60 Å². The van der Waals surface area contributed by atoms with Crippen LogP contribution in [0.15, 0.2) is 12.1 Å². The van der Waals surface area contributed by atoms with Gasteiger partial charge in [-0.3, -0.25) is 4.57 Å². The second kappa shape index (κ2) is 9.34. The Morgan fingerprint density at radius 1 is 1.05 bits per heavy atom. The molecule has 0 aliphatic rings. The van der Waals surface area contributed by atoms with Gasteiger partial charge in [0.15, 0.2) is 0 Å². The molecule has 2 N–H and O–H groups in total. The van der Waals surface area contributed by atoms with Crippen molar-refractivity contribution in [2.45, 2.75) is 39.5 Å². The first-order valence-electron chi connectivity index (χ1n) is 5.97. The fraction of sp³-hybridized carbons (Fsp3) is 0.538. The van der Waals surface area contributed by atoms with Crippen molar-refractivity contribution in [3.05, 3.63) is 23.3 Å². The number of hydrogen-bond acceptors (Lipinski definition) is 2. The van der Waals surface area contributed by atoms with Gasteiger partial charge in [0.25, 0.3) is 0 Å². The molecule has 0 fully saturated rings. The second-order valence-corrected chi connectivity index (χ2v) is 6.54. The van der Waals surface area contributed by atoms with E-state index in [0.29, 0.717) is 11.3 Å². The molecule has 1 aromatic rings. The van der Waals surface area contributed by atoms with Crippen molar-refractivity contribution in [2.24, 2.45) is 0 Å². The molecule has 7 heteroatoms. The van der Waals surface area contributed by atoms with Crippen molar-refractivity contribution in [3.8, 4) is 5.75 Å². The fourth-order valence-electron chi connectivity index (χ4n) is 2.10. The molecule has 0 heterocycles. The van der Waals surface area contributed by atoms with Crippen LogP contribution in [-0.2, 0) is 4.57 Å². The predicted molar refractivity (Wildman–Crippen MR) is 84.4 cm³/mol. The van der Waals surface area contributed by atoms with Crippen LogP contribution < -0.4 is 10.0 Å². The average molecular weight is 318 g/mol. The normalized spacial score (nSPS) is 11.1. The zero-order chi connectivity index (χ0) is 14.1. The van der Waals surface area contributed by atoms with Crippen LogP contribution in [0, 0.1) is 0 Å². The van der Waals surface area contributed by atoms with Crippen molar-refractivity contribution < 1.29 is 19.1 Å². The largest absolute Gasteiger partial charge is 0.496 e. The molecule has 104 valence electrons. The number of hydrogen-bond donors (Lipinski definition) is 2. The van der Waals surface area contributed by atoms with E-state index in [2.05, 4.69) is 0 Å². The number of benzene rings is 1. The maximum atomic E-state index is 11.5. The van der Waals surface area contributed by atoms with Gasteiger partial charge in [-0.2, -0.15) is 0 Å². The summed E-state index contributed by atoms with van der Waals surface area (Å²) in [5.41, 5.74) is 1.58. The summed E-state index contributed by atoms with van der Waals surface area (Å²) in [7, 11) is -2.74. The Bertz CT molecular complexity index is 484. The number of methoxy groups -OCH3 is 1. The predicted octanol–water partition coefficient (Wildman–Crippen LogP) is 1.98. The monoisotopic (exact) mass is 318 g/mol. The van der Waals surface area contributed by atoms with Crippen molar-refractivity contribution in [1.29, 1.82) is 0 Å². The van der Waals surface area contributed by atoms with Gasteiger partial charge in [-0.1, -0.05) is 33.8 Å². The van der Waals surface area contributed by atoms with E-state index in [-0.39, 0.29) is 76.3 Å². The van der Waals surface area contributed by atoms with Gasteiger partial charge in [-0.05, 0) is 23.5 Å². The van der Waals surface area contributed by atoms with Gasteiger partial charge in [-0.15, -0.1) is 0 Å². The molecule has 0 aliphatic heterocycles. The molecule has 0 unspecified atom stereocenters. The van der Waals surface area contributed by atoms with Gasteiger partial charge in [0.1, 0.15) is 5.75 Å². The summed E-state index contributed by atoms with van der Waals surface area (Å²) in [5, 5.41) is 0.0683.